The van der Waals surface area contributed by atoms with Crippen molar-refractivity contribution >= 4 is 44.6 Å². The van der Waals surface area contributed by atoms with Crippen LogP contribution < -0.4 is 24.8 Å². The molecule has 0 radical (unpaired) electrons. The minimum Gasteiger partial charge on any atom is -0.496 e. The van der Waals surface area contributed by atoms with Gasteiger partial charge >= 0.3 is 6.09 Å². The van der Waals surface area contributed by atoms with Gasteiger partial charge in [-0.25, -0.2) is 22.6 Å². The lowest BCUT2D eigenvalue weighted by molar-refractivity contribution is -0.142. The highest BCUT2D eigenvalue weighted by atomic mass is 32.2. The van der Waals surface area contributed by atoms with E-state index in [2.05, 4.69) is 20.3 Å². The van der Waals surface area contributed by atoms with Gasteiger partial charge in [-0.15, -0.1) is 0 Å². The van der Waals surface area contributed by atoms with Crippen LogP contribution in [0.1, 0.15) is 58.8 Å². The van der Waals surface area contributed by atoms with Gasteiger partial charge in [0.25, 0.3) is 5.91 Å². The first-order valence-corrected chi connectivity index (χ1v) is 18.7. The zero-order valence-corrected chi connectivity index (χ0v) is 29.6. The number of carbonyl (C=O) groups excluding carboxylic acids is 3. The second kappa shape index (κ2) is 13.9. The van der Waals surface area contributed by atoms with Crippen LogP contribution in [0, 0.1) is 17.8 Å². The van der Waals surface area contributed by atoms with Crippen molar-refractivity contribution in [3.8, 4) is 11.6 Å². The van der Waals surface area contributed by atoms with E-state index < -0.39 is 80.8 Å². The van der Waals surface area contributed by atoms with E-state index in [-0.39, 0.29) is 44.0 Å². The molecule has 51 heavy (non-hydrogen) atoms. The first-order chi connectivity index (χ1) is 24.2. The Morgan fingerprint density at radius 1 is 1.16 bits per heavy atom. The maximum Gasteiger partial charge on any atom is 0.405 e. The Kier molecular flexibility index (Phi) is 9.92. The average molecular weight is 730 g/mol. The van der Waals surface area contributed by atoms with Gasteiger partial charge in [0, 0.05) is 29.3 Å². The number of carbonyl (C=O) groups is 4. The molecular weight excluding hydrogens is 685 g/mol. The quantitative estimate of drug-likeness (QED) is 0.294. The van der Waals surface area contributed by atoms with E-state index in [4.69, 9.17) is 9.47 Å². The highest BCUT2D eigenvalue weighted by molar-refractivity contribution is 7.91. The molecule has 2 aromatic rings. The number of carboxylic acid groups (broad SMARTS) is 1. The number of ether oxygens (including phenoxy) is 2. The van der Waals surface area contributed by atoms with Gasteiger partial charge in [0.05, 0.1) is 13.7 Å². The summed E-state index contributed by atoms with van der Waals surface area (Å²) in [5.41, 5.74) is -1.66. The maximum absolute atomic E-state index is 14.3. The molecule has 3 heterocycles. The number of pyridine rings is 1. The van der Waals surface area contributed by atoms with E-state index in [1.807, 2.05) is 13.0 Å². The third-order valence-electron chi connectivity index (χ3n) is 10.8. The summed E-state index contributed by atoms with van der Waals surface area (Å²) in [4.78, 5) is 60.0. The van der Waals surface area contributed by atoms with E-state index in [0.29, 0.717) is 30.4 Å². The summed E-state index contributed by atoms with van der Waals surface area (Å²) in [5, 5.41) is 16.2. The fourth-order valence-corrected chi connectivity index (χ4v) is 8.89. The highest BCUT2D eigenvalue weighted by Gasteiger charge is 2.64. The van der Waals surface area contributed by atoms with Gasteiger partial charge in [-0.1, -0.05) is 32.1 Å². The molecule has 6 rings (SSSR count). The van der Waals surface area contributed by atoms with E-state index in [9.17, 15) is 37.1 Å². The number of halogens is 1. The number of sulfonamides is 1. The Balaban J connectivity index is 1.34. The van der Waals surface area contributed by atoms with Crippen LogP contribution in [0.2, 0.25) is 0 Å². The third-order valence-corrected chi connectivity index (χ3v) is 12.9. The lowest BCUT2D eigenvalue weighted by Gasteiger charge is -2.32. The molecule has 2 saturated carbocycles. The fourth-order valence-electron chi connectivity index (χ4n) is 7.47. The lowest BCUT2D eigenvalue weighted by atomic mass is 9.88. The Bertz CT molecular complexity index is 1850. The number of hydrogen-bond acceptors (Lipinski definition) is 9. The lowest BCUT2D eigenvalue weighted by Crippen LogP contribution is -2.59. The number of methoxy groups -OCH3 is 1. The van der Waals surface area contributed by atoms with E-state index in [1.165, 1.54) is 4.90 Å². The summed E-state index contributed by atoms with van der Waals surface area (Å²) in [6, 6.07) is 4.73. The van der Waals surface area contributed by atoms with Crippen molar-refractivity contribution in [1.29, 1.82) is 0 Å². The number of hydrogen-bond donors (Lipinski definition) is 4. The molecule has 3 fully saturated rings. The Labute approximate surface area is 295 Å². The summed E-state index contributed by atoms with van der Waals surface area (Å²) in [6.07, 6.45) is 5.08. The van der Waals surface area contributed by atoms with Gasteiger partial charge in [0.1, 0.15) is 40.9 Å². The van der Waals surface area contributed by atoms with Crippen molar-refractivity contribution < 1.29 is 46.6 Å². The molecule has 4 aliphatic rings. The highest BCUT2D eigenvalue weighted by Crippen LogP contribution is 2.48. The zero-order valence-electron chi connectivity index (χ0n) is 28.8. The summed E-state index contributed by atoms with van der Waals surface area (Å²) in [7, 11) is -2.84. The van der Waals surface area contributed by atoms with Crippen LogP contribution in [-0.2, 0) is 24.4 Å². The van der Waals surface area contributed by atoms with Gasteiger partial charge in [0.15, 0.2) is 0 Å². The van der Waals surface area contributed by atoms with Crippen LogP contribution in [0.25, 0.3) is 10.8 Å². The molecule has 16 heteroatoms. The third kappa shape index (κ3) is 7.06. The van der Waals surface area contributed by atoms with Crippen molar-refractivity contribution in [2.24, 2.45) is 17.8 Å². The number of benzene rings is 1. The number of nitrogens with zero attached hydrogens (tertiary/aromatic N) is 2. The number of alkyl halides is 1. The van der Waals surface area contributed by atoms with Crippen molar-refractivity contribution in [2.75, 3.05) is 20.3 Å². The first kappa shape index (κ1) is 36.3. The van der Waals surface area contributed by atoms with Crippen LogP contribution in [0.4, 0.5) is 9.18 Å². The number of allylic oxidation sites excluding steroid dienone is 1. The Hall–Kier alpha value is -4.47. The molecule has 2 aliphatic heterocycles. The molecule has 14 nitrogen and oxygen atoms in total. The molecule has 276 valence electrons. The van der Waals surface area contributed by atoms with Crippen molar-refractivity contribution in [3.05, 3.63) is 42.6 Å². The van der Waals surface area contributed by atoms with Gasteiger partial charge in [-0.05, 0) is 68.6 Å². The van der Waals surface area contributed by atoms with Gasteiger partial charge in [0.2, 0.25) is 27.7 Å². The average Bonchev–Trinajstić information content (AvgIpc) is 3.99. The van der Waals surface area contributed by atoms with Gasteiger partial charge in [-0.3, -0.25) is 19.1 Å². The summed E-state index contributed by atoms with van der Waals surface area (Å²) in [5.74, 6) is -2.40. The van der Waals surface area contributed by atoms with E-state index in [0.717, 1.165) is 5.39 Å². The minimum absolute atomic E-state index is 0.0361. The fraction of sp³-hybridized carbons (Fsp3) is 0.571. The van der Waals surface area contributed by atoms with Crippen LogP contribution in [0.15, 0.2) is 42.6 Å². The van der Waals surface area contributed by atoms with Crippen LogP contribution >= 0.6 is 0 Å². The van der Waals surface area contributed by atoms with Gasteiger partial charge < -0.3 is 30.1 Å². The molecule has 0 unspecified atom stereocenters. The Morgan fingerprint density at radius 2 is 1.92 bits per heavy atom. The van der Waals surface area contributed by atoms with E-state index in [1.54, 1.807) is 50.6 Å². The summed E-state index contributed by atoms with van der Waals surface area (Å²) < 4.78 is 52.1. The number of aromatic nitrogens is 1. The molecule has 1 aromatic heterocycles. The summed E-state index contributed by atoms with van der Waals surface area (Å²) >= 11 is 0. The van der Waals surface area contributed by atoms with Crippen LogP contribution in [-0.4, -0.2) is 96.0 Å². The molecule has 0 bridgehead atoms. The molecule has 1 aromatic carbocycles. The second-order valence-corrected chi connectivity index (χ2v) is 16.5. The predicted molar refractivity (Wildman–Crippen MR) is 183 cm³/mol. The molecule has 4 N–H and O–H groups in total. The first-order valence-electron chi connectivity index (χ1n) is 17.2. The molecule has 0 spiro atoms. The minimum atomic E-state index is -4.38. The molecule has 1 saturated heterocycles. The predicted octanol–water partition coefficient (Wildman–Crippen LogP) is 3.06. The molecular formula is C35H44FN5O9S. The van der Waals surface area contributed by atoms with Crippen molar-refractivity contribution in [1.82, 2.24) is 25.2 Å². The van der Waals surface area contributed by atoms with Crippen molar-refractivity contribution in [2.45, 2.75) is 87.3 Å². The molecule has 4 amide bonds. The number of amides is 4. The Morgan fingerprint density at radius 3 is 2.61 bits per heavy atom. The maximum atomic E-state index is 14.3. The standard InChI is InChI=1S/C35H44FN5O9S/c1-20-7-4-5-8-22-17-35(22,32(44)40-51(47,48)34(19-36)12-13-34)39-29(42)26-16-23(18-41(26)31(43)28(21(2)15-20)38-33(45)46)50-30-25-9-6-10-27(49-3)24(25)11-14-37-30/h5-6,8-11,14,20-23,26,28,38H,4,7,12-13,15-19H2,1-3H3,(H,39,42)(H,40,44)(H,45,46)/b8-5-/t20-,21-,22-,23-,26+,28+,35-/m1/s1. The normalized spacial score (nSPS) is 31.2. The van der Waals surface area contributed by atoms with Crippen molar-refractivity contribution in [3.63, 3.8) is 0 Å². The smallest absolute Gasteiger partial charge is 0.405 e. The van der Waals surface area contributed by atoms with E-state index >= 15 is 0 Å². The van der Waals surface area contributed by atoms with Crippen LogP contribution in [0.3, 0.4) is 0 Å². The van der Waals surface area contributed by atoms with Crippen LogP contribution in [0.5, 0.6) is 11.6 Å². The number of fused-ring (bicyclic) bond motifs is 3. The SMILES string of the molecule is COc1cccc2c(O[C@@H]3C[C@H]4C(=O)N[C@]5(C(=O)NS(=O)(=O)C6(CF)CC6)C[C@H]5/C=C\CC[C@@H](C)C[C@@H](C)[C@H](NC(=O)O)C(=O)N4C3)nccc12. The molecule has 7 atom stereocenters. The largest absolute Gasteiger partial charge is 0.496 e. The summed E-state index contributed by atoms with van der Waals surface area (Å²) in [6.45, 7) is 2.55. The monoisotopic (exact) mass is 729 g/mol. The zero-order chi connectivity index (χ0) is 36.7. The van der Waals surface area contributed by atoms with Gasteiger partial charge in [-0.2, -0.15) is 0 Å². The molecule has 2 aliphatic carbocycles. The second-order valence-electron chi connectivity index (χ2n) is 14.4. The topological polar surface area (TPSA) is 193 Å². The number of rotatable bonds is 8. The number of nitrogens with one attached hydrogen (secondary N) is 3.